The number of aromatic amines is 1. The van der Waals surface area contributed by atoms with Crippen LogP contribution in [-0.4, -0.2) is 26.2 Å². The van der Waals surface area contributed by atoms with Crippen LogP contribution in [0.2, 0.25) is 0 Å². The zero-order valence-corrected chi connectivity index (χ0v) is 19.5. The molecule has 0 atom stereocenters. The molecule has 4 aromatic rings. The number of pyridine rings is 1. The first-order valence-electron chi connectivity index (χ1n) is 10.1. The quantitative estimate of drug-likeness (QED) is 0.382. The molecule has 4 rings (SSSR count). The summed E-state index contributed by atoms with van der Waals surface area (Å²) in [4.78, 5) is 44.8. The lowest BCUT2D eigenvalue weighted by molar-refractivity contribution is 0.415. The van der Waals surface area contributed by atoms with Crippen molar-refractivity contribution in [3.05, 3.63) is 114 Å². The van der Waals surface area contributed by atoms with E-state index < -0.39 is 22.8 Å². The number of nitrogens with one attached hydrogen (secondary N) is 2. The van der Waals surface area contributed by atoms with E-state index in [4.69, 9.17) is 4.74 Å². The van der Waals surface area contributed by atoms with E-state index in [1.165, 1.54) is 35.0 Å². The van der Waals surface area contributed by atoms with E-state index in [0.29, 0.717) is 17.0 Å². The molecule has 0 unspecified atom stereocenters. The van der Waals surface area contributed by atoms with Crippen LogP contribution < -0.4 is 27.0 Å². The lowest BCUT2D eigenvalue weighted by Crippen LogP contribution is -2.43. The first-order chi connectivity index (χ1) is 16.4. The van der Waals surface area contributed by atoms with Gasteiger partial charge in [-0.25, -0.2) is 18.5 Å². The Hall–Kier alpha value is -3.99. The average molecular weight is 528 g/mol. The molecule has 2 aromatic carbocycles. The Kier molecular flexibility index (Phi) is 6.73. The van der Waals surface area contributed by atoms with Crippen molar-refractivity contribution in [1.29, 1.82) is 0 Å². The SMILES string of the molecule is COc1ccc(Nc2nc(=O)n(Cc3ccc[nH]c3=O)c(=O)n2Cc2ccc(F)c(Br)c2)cc1. The van der Waals surface area contributed by atoms with Gasteiger partial charge in [0, 0.05) is 17.4 Å². The van der Waals surface area contributed by atoms with E-state index >= 15 is 0 Å². The minimum atomic E-state index is -0.819. The van der Waals surface area contributed by atoms with Gasteiger partial charge in [0.1, 0.15) is 11.6 Å². The van der Waals surface area contributed by atoms with Crippen molar-refractivity contribution in [2.45, 2.75) is 13.1 Å². The standard InChI is InChI=1S/C23H19BrFN5O4/c1-34-17-7-5-16(6-8-17)27-21-28-22(32)30(13-15-3-2-10-26-20(15)31)23(33)29(21)12-14-4-9-19(25)18(24)11-14/h2-11H,12-13H2,1H3,(H,26,31)(H,27,28,32). The molecule has 0 aliphatic heterocycles. The zero-order chi connectivity index (χ0) is 24.2. The number of nitrogens with zero attached hydrogens (tertiary/aromatic N) is 3. The Balaban J connectivity index is 1.81. The van der Waals surface area contributed by atoms with Crippen LogP contribution in [-0.2, 0) is 13.1 Å². The van der Waals surface area contributed by atoms with Crippen molar-refractivity contribution in [3.8, 4) is 5.75 Å². The Bertz CT molecular complexity index is 1510. The molecule has 0 amide bonds. The number of ether oxygens (including phenoxy) is 1. The van der Waals surface area contributed by atoms with Crippen LogP contribution in [0.1, 0.15) is 11.1 Å². The molecular formula is C23H19BrFN5O4. The number of hydrogen-bond acceptors (Lipinski definition) is 6. The van der Waals surface area contributed by atoms with Gasteiger partial charge in [-0.1, -0.05) is 12.1 Å². The first-order valence-corrected chi connectivity index (χ1v) is 10.9. The zero-order valence-electron chi connectivity index (χ0n) is 17.9. The second kappa shape index (κ2) is 9.87. The third-order valence-corrected chi connectivity index (χ3v) is 5.66. The number of hydrogen-bond donors (Lipinski definition) is 2. The largest absolute Gasteiger partial charge is 0.497 e. The van der Waals surface area contributed by atoms with Crippen LogP contribution in [0.25, 0.3) is 0 Å². The minimum absolute atomic E-state index is 0.00108. The highest BCUT2D eigenvalue weighted by atomic mass is 79.9. The minimum Gasteiger partial charge on any atom is -0.497 e. The number of halogens is 2. The van der Waals surface area contributed by atoms with Crippen LogP contribution in [0.15, 0.2) is 79.7 Å². The van der Waals surface area contributed by atoms with Crippen LogP contribution in [0.4, 0.5) is 16.0 Å². The number of anilines is 2. The fourth-order valence-electron chi connectivity index (χ4n) is 3.28. The van der Waals surface area contributed by atoms with Gasteiger partial charge in [0.15, 0.2) is 0 Å². The third-order valence-electron chi connectivity index (χ3n) is 5.05. The normalized spacial score (nSPS) is 10.8. The smallest absolute Gasteiger partial charge is 0.355 e. The Morgan fingerprint density at radius 2 is 1.82 bits per heavy atom. The number of benzene rings is 2. The number of H-pyrrole nitrogens is 1. The molecule has 2 aromatic heterocycles. The summed E-state index contributed by atoms with van der Waals surface area (Å²) in [6.45, 7) is -0.259. The van der Waals surface area contributed by atoms with Crippen molar-refractivity contribution in [3.63, 3.8) is 0 Å². The summed E-state index contributed by atoms with van der Waals surface area (Å²) < 4.78 is 21.2. The van der Waals surface area contributed by atoms with Gasteiger partial charge < -0.3 is 15.0 Å². The topological polar surface area (TPSA) is 111 Å². The predicted octanol–water partition coefficient (Wildman–Crippen LogP) is 2.84. The van der Waals surface area contributed by atoms with Gasteiger partial charge in [0.25, 0.3) is 5.56 Å². The summed E-state index contributed by atoms with van der Waals surface area (Å²) in [6, 6.07) is 14.3. The molecule has 0 saturated carbocycles. The summed E-state index contributed by atoms with van der Waals surface area (Å²) in [5, 5.41) is 2.98. The first kappa shape index (κ1) is 23.2. The fraction of sp³-hybridized carbons (Fsp3) is 0.130. The molecular weight excluding hydrogens is 509 g/mol. The fourth-order valence-corrected chi connectivity index (χ4v) is 3.70. The summed E-state index contributed by atoms with van der Waals surface area (Å²) >= 11 is 3.14. The molecule has 0 spiro atoms. The monoisotopic (exact) mass is 527 g/mol. The molecule has 2 heterocycles. The molecule has 174 valence electrons. The van der Waals surface area contributed by atoms with Gasteiger partial charge >= 0.3 is 11.4 Å². The van der Waals surface area contributed by atoms with Crippen molar-refractivity contribution < 1.29 is 9.13 Å². The van der Waals surface area contributed by atoms with Crippen LogP contribution in [0.5, 0.6) is 5.75 Å². The Morgan fingerprint density at radius 3 is 2.50 bits per heavy atom. The van der Waals surface area contributed by atoms with Crippen LogP contribution >= 0.6 is 15.9 Å². The molecule has 34 heavy (non-hydrogen) atoms. The molecule has 0 aliphatic rings. The molecule has 2 N–H and O–H groups in total. The molecule has 0 aliphatic carbocycles. The Labute approximate surface area is 200 Å². The maximum Gasteiger partial charge on any atom is 0.355 e. The Morgan fingerprint density at radius 1 is 1.06 bits per heavy atom. The highest BCUT2D eigenvalue weighted by Gasteiger charge is 2.16. The molecule has 11 heteroatoms. The maximum atomic E-state index is 13.7. The lowest BCUT2D eigenvalue weighted by atomic mass is 10.2. The van der Waals surface area contributed by atoms with E-state index in [9.17, 15) is 18.8 Å². The van der Waals surface area contributed by atoms with Crippen LogP contribution in [0.3, 0.4) is 0 Å². The van der Waals surface area contributed by atoms with Crippen LogP contribution in [0, 0.1) is 5.82 Å². The van der Waals surface area contributed by atoms with Gasteiger partial charge in [-0.2, -0.15) is 4.98 Å². The highest BCUT2D eigenvalue weighted by Crippen LogP contribution is 2.20. The third kappa shape index (κ3) is 4.99. The summed E-state index contributed by atoms with van der Waals surface area (Å²) in [5.74, 6) is 0.188. The second-order valence-electron chi connectivity index (χ2n) is 7.30. The van der Waals surface area contributed by atoms with E-state index in [1.807, 2.05) is 0 Å². The lowest BCUT2D eigenvalue weighted by Gasteiger charge is -2.16. The van der Waals surface area contributed by atoms with E-state index in [1.54, 1.807) is 37.4 Å². The maximum absolute atomic E-state index is 13.7. The molecule has 0 fully saturated rings. The molecule has 0 saturated heterocycles. The van der Waals surface area contributed by atoms with Crippen molar-refractivity contribution >= 4 is 27.6 Å². The summed E-state index contributed by atoms with van der Waals surface area (Å²) in [5.41, 5.74) is -0.518. The van der Waals surface area contributed by atoms with Gasteiger partial charge in [-0.15, -0.1) is 0 Å². The number of rotatable bonds is 7. The average Bonchev–Trinajstić information content (AvgIpc) is 2.83. The summed E-state index contributed by atoms with van der Waals surface area (Å²) in [7, 11) is 1.54. The van der Waals surface area contributed by atoms with E-state index in [0.717, 1.165) is 4.57 Å². The molecule has 0 bridgehead atoms. The number of aromatic nitrogens is 4. The van der Waals surface area contributed by atoms with Gasteiger partial charge in [-0.3, -0.25) is 9.36 Å². The molecule has 9 nitrogen and oxygen atoms in total. The highest BCUT2D eigenvalue weighted by molar-refractivity contribution is 9.10. The van der Waals surface area contributed by atoms with Gasteiger partial charge in [0.05, 0.1) is 24.7 Å². The van der Waals surface area contributed by atoms with Crippen molar-refractivity contribution in [1.82, 2.24) is 19.1 Å². The van der Waals surface area contributed by atoms with E-state index in [-0.39, 0.29) is 29.1 Å². The summed E-state index contributed by atoms with van der Waals surface area (Å²) in [6.07, 6.45) is 1.46. The predicted molar refractivity (Wildman–Crippen MR) is 128 cm³/mol. The van der Waals surface area contributed by atoms with Crippen molar-refractivity contribution in [2.75, 3.05) is 12.4 Å². The second-order valence-corrected chi connectivity index (χ2v) is 8.15. The van der Waals surface area contributed by atoms with Gasteiger partial charge in [-0.05, 0) is 64.0 Å². The van der Waals surface area contributed by atoms with Crippen molar-refractivity contribution in [2.24, 2.45) is 0 Å². The van der Waals surface area contributed by atoms with E-state index in [2.05, 4.69) is 31.2 Å². The number of methoxy groups -OCH3 is 1. The molecule has 0 radical (unpaired) electrons. The van der Waals surface area contributed by atoms with Gasteiger partial charge in [0.2, 0.25) is 5.95 Å².